The lowest BCUT2D eigenvalue weighted by Crippen LogP contribution is -1.85. The summed E-state index contributed by atoms with van der Waals surface area (Å²) in [4.78, 5) is 8.31. The molecule has 3 aromatic rings. The number of nitrogens with zero attached hydrogens (tertiary/aromatic N) is 4. The van der Waals surface area contributed by atoms with Gasteiger partial charge in [-0.05, 0) is 19.1 Å². The fourth-order valence-corrected chi connectivity index (χ4v) is 2.25. The molecule has 6 nitrogen and oxygen atoms in total. The van der Waals surface area contributed by atoms with Gasteiger partial charge in [0.25, 0.3) is 0 Å². The average molecular weight is 291 g/mol. The number of aryl methyl sites for hydroxylation is 1. The van der Waals surface area contributed by atoms with Crippen LogP contribution in [0.4, 0.5) is 4.39 Å². The molecule has 0 spiro atoms. The first-order chi connectivity index (χ1) is 9.72. The second-order valence-corrected chi connectivity index (χ2v) is 4.91. The zero-order valence-corrected chi connectivity index (χ0v) is 11.3. The third kappa shape index (κ3) is 2.69. The van der Waals surface area contributed by atoms with Crippen LogP contribution >= 0.6 is 11.8 Å². The van der Waals surface area contributed by atoms with Gasteiger partial charge in [0.15, 0.2) is 11.6 Å². The number of hydrogen-bond donors (Lipinski definition) is 1. The molecule has 0 bridgehead atoms. The molecular formula is C12H10FN5OS. The smallest absolute Gasteiger partial charge is 0.237 e. The predicted octanol–water partition coefficient (Wildman–Crippen LogP) is 2.59. The van der Waals surface area contributed by atoms with Crippen molar-refractivity contribution in [1.82, 2.24) is 25.3 Å². The van der Waals surface area contributed by atoms with Crippen molar-refractivity contribution in [2.24, 2.45) is 0 Å². The Morgan fingerprint density at radius 3 is 2.90 bits per heavy atom. The van der Waals surface area contributed by atoms with Crippen molar-refractivity contribution >= 4 is 11.8 Å². The largest absolute Gasteiger partial charge is 0.338 e. The van der Waals surface area contributed by atoms with Crippen LogP contribution in [0.25, 0.3) is 11.4 Å². The fraction of sp³-hybridized carbons (Fsp3) is 0.167. The van der Waals surface area contributed by atoms with Crippen molar-refractivity contribution in [2.75, 3.05) is 0 Å². The van der Waals surface area contributed by atoms with Gasteiger partial charge in [0.1, 0.15) is 5.82 Å². The predicted molar refractivity (Wildman–Crippen MR) is 70.4 cm³/mol. The molecule has 0 saturated carbocycles. The lowest BCUT2D eigenvalue weighted by molar-refractivity contribution is 0.387. The van der Waals surface area contributed by atoms with Gasteiger partial charge in [0.2, 0.25) is 11.0 Å². The summed E-state index contributed by atoms with van der Waals surface area (Å²) in [5.41, 5.74) is 0.389. The standard InChI is InChI=1S/C12H10FN5OS/c1-7-14-10(19-18-7)6-20-12-15-11(16-17-12)8-4-2-3-5-9(8)13/h2-5H,6H2,1H3,(H,15,16,17). The number of H-pyrrole nitrogens is 1. The van der Waals surface area contributed by atoms with Crippen LogP contribution in [0.3, 0.4) is 0 Å². The molecule has 0 atom stereocenters. The van der Waals surface area contributed by atoms with Crippen LogP contribution in [-0.4, -0.2) is 25.3 Å². The van der Waals surface area contributed by atoms with Gasteiger partial charge in [-0.1, -0.05) is 29.1 Å². The van der Waals surface area contributed by atoms with Crippen LogP contribution in [0.1, 0.15) is 11.7 Å². The summed E-state index contributed by atoms with van der Waals surface area (Å²) in [7, 11) is 0. The van der Waals surface area contributed by atoms with Crippen LogP contribution in [0.2, 0.25) is 0 Å². The van der Waals surface area contributed by atoms with Gasteiger partial charge < -0.3 is 4.52 Å². The number of halogens is 1. The quantitative estimate of drug-likeness (QED) is 0.744. The first kappa shape index (κ1) is 12.8. The molecule has 3 rings (SSSR count). The zero-order valence-electron chi connectivity index (χ0n) is 10.5. The van der Waals surface area contributed by atoms with E-state index in [9.17, 15) is 4.39 Å². The Morgan fingerprint density at radius 1 is 1.30 bits per heavy atom. The van der Waals surface area contributed by atoms with Gasteiger partial charge in [-0.15, -0.1) is 5.10 Å². The van der Waals surface area contributed by atoms with Crippen LogP contribution in [-0.2, 0) is 5.75 Å². The Morgan fingerprint density at radius 2 is 2.15 bits per heavy atom. The first-order valence-electron chi connectivity index (χ1n) is 5.81. The highest BCUT2D eigenvalue weighted by Crippen LogP contribution is 2.23. The van der Waals surface area contributed by atoms with E-state index in [-0.39, 0.29) is 5.82 Å². The molecule has 102 valence electrons. The lowest BCUT2D eigenvalue weighted by Gasteiger charge is -1.96. The number of aromatic nitrogens is 5. The third-order valence-electron chi connectivity index (χ3n) is 2.49. The Hall–Kier alpha value is -2.22. The molecule has 0 aliphatic heterocycles. The average Bonchev–Trinajstić information content (AvgIpc) is 3.06. The highest BCUT2D eigenvalue weighted by atomic mass is 32.2. The summed E-state index contributed by atoms with van der Waals surface area (Å²) in [6, 6.07) is 6.40. The zero-order chi connectivity index (χ0) is 13.9. The van der Waals surface area contributed by atoms with E-state index in [1.807, 2.05) is 0 Å². The summed E-state index contributed by atoms with van der Waals surface area (Å²) in [5.74, 6) is 1.61. The molecule has 0 radical (unpaired) electrons. The van der Waals surface area contributed by atoms with Crippen molar-refractivity contribution in [3.63, 3.8) is 0 Å². The van der Waals surface area contributed by atoms with E-state index in [0.717, 1.165) is 0 Å². The minimum absolute atomic E-state index is 0.340. The Kier molecular flexibility index (Phi) is 3.46. The number of benzene rings is 1. The van der Waals surface area contributed by atoms with Crippen molar-refractivity contribution in [1.29, 1.82) is 0 Å². The molecule has 1 aromatic carbocycles. The molecule has 20 heavy (non-hydrogen) atoms. The van der Waals surface area contributed by atoms with Crippen molar-refractivity contribution in [3.8, 4) is 11.4 Å². The monoisotopic (exact) mass is 291 g/mol. The summed E-state index contributed by atoms with van der Waals surface area (Å²) in [6.45, 7) is 1.75. The number of thioether (sulfide) groups is 1. The summed E-state index contributed by atoms with van der Waals surface area (Å²) in [5, 5.41) is 10.9. The maximum Gasteiger partial charge on any atom is 0.237 e. The Labute approximate surface area is 117 Å². The third-order valence-corrected chi connectivity index (χ3v) is 3.32. The molecule has 2 heterocycles. The summed E-state index contributed by atoms with van der Waals surface area (Å²) < 4.78 is 18.6. The van der Waals surface area contributed by atoms with E-state index in [1.165, 1.54) is 17.8 Å². The Bertz CT molecular complexity index is 726. The van der Waals surface area contributed by atoms with Crippen LogP contribution in [0.15, 0.2) is 33.9 Å². The normalized spacial score (nSPS) is 10.9. The molecule has 0 amide bonds. The van der Waals surface area contributed by atoms with Crippen LogP contribution < -0.4 is 0 Å². The van der Waals surface area contributed by atoms with Gasteiger partial charge in [-0.2, -0.15) is 4.98 Å². The van der Waals surface area contributed by atoms with E-state index < -0.39 is 0 Å². The van der Waals surface area contributed by atoms with E-state index in [2.05, 4.69) is 25.3 Å². The molecule has 8 heteroatoms. The van der Waals surface area contributed by atoms with Crippen molar-refractivity contribution < 1.29 is 8.91 Å². The molecule has 2 aromatic heterocycles. The molecule has 0 saturated heterocycles. The molecule has 1 N–H and O–H groups in total. The second-order valence-electron chi connectivity index (χ2n) is 3.97. The van der Waals surface area contributed by atoms with E-state index in [1.54, 1.807) is 25.1 Å². The topological polar surface area (TPSA) is 80.5 Å². The molecule has 0 unspecified atom stereocenters. The number of hydrogen-bond acceptors (Lipinski definition) is 6. The number of aromatic amines is 1. The Balaban J connectivity index is 1.72. The van der Waals surface area contributed by atoms with Gasteiger partial charge in [-0.25, -0.2) is 9.37 Å². The van der Waals surface area contributed by atoms with Gasteiger partial charge >= 0.3 is 0 Å². The van der Waals surface area contributed by atoms with Gasteiger partial charge in [-0.3, -0.25) is 5.10 Å². The SMILES string of the molecule is Cc1noc(CSc2n[nH]c(-c3ccccc3F)n2)n1. The summed E-state index contributed by atoms with van der Waals surface area (Å²) >= 11 is 1.34. The van der Waals surface area contributed by atoms with Crippen molar-refractivity contribution in [2.45, 2.75) is 17.8 Å². The maximum absolute atomic E-state index is 13.6. The van der Waals surface area contributed by atoms with Crippen molar-refractivity contribution in [3.05, 3.63) is 41.8 Å². The lowest BCUT2D eigenvalue weighted by atomic mass is 10.2. The number of rotatable bonds is 4. The molecular weight excluding hydrogens is 281 g/mol. The highest BCUT2D eigenvalue weighted by molar-refractivity contribution is 7.98. The maximum atomic E-state index is 13.6. The fourth-order valence-electron chi connectivity index (χ4n) is 1.61. The van der Waals surface area contributed by atoms with E-state index in [4.69, 9.17) is 4.52 Å². The minimum atomic E-state index is -0.340. The minimum Gasteiger partial charge on any atom is -0.338 e. The van der Waals surface area contributed by atoms with Crippen LogP contribution in [0, 0.1) is 12.7 Å². The number of nitrogens with one attached hydrogen (secondary N) is 1. The van der Waals surface area contributed by atoms with Gasteiger partial charge in [0, 0.05) is 0 Å². The molecule has 0 aliphatic rings. The summed E-state index contributed by atoms with van der Waals surface area (Å²) in [6.07, 6.45) is 0. The highest BCUT2D eigenvalue weighted by Gasteiger charge is 2.11. The second kappa shape index (κ2) is 5.41. The van der Waals surface area contributed by atoms with Gasteiger partial charge in [0.05, 0.1) is 11.3 Å². The van der Waals surface area contributed by atoms with E-state index >= 15 is 0 Å². The molecule has 0 fully saturated rings. The molecule has 0 aliphatic carbocycles. The van der Waals surface area contributed by atoms with E-state index in [0.29, 0.717) is 34.0 Å². The first-order valence-corrected chi connectivity index (χ1v) is 6.80. The van der Waals surface area contributed by atoms with Crippen LogP contribution in [0.5, 0.6) is 0 Å².